The van der Waals surface area contributed by atoms with Gasteiger partial charge >= 0.3 is 5.97 Å². The van der Waals surface area contributed by atoms with Gasteiger partial charge in [0.15, 0.2) is 0 Å². The average molecular weight is 199 g/mol. The maximum atomic E-state index is 11.1. The summed E-state index contributed by atoms with van der Waals surface area (Å²) < 4.78 is 0. The van der Waals surface area contributed by atoms with Crippen LogP contribution in [0.1, 0.15) is 39.5 Å². The van der Waals surface area contributed by atoms with E-state index in [2.05, 4.69) is 4.90 Å². The third-order valence-electron chi connectivity index (χ3n) is 2.92. The molecule has 1 aliphatic heterocycles. The van der Waals surface area contributed by atoms with Crippen molar-refractivity contribution in [2.24, 2.45) is 5.92 Å². The highest BCUT2D eigenvalue weighted by molar-refractivity contribution is 5.73. The summed E-state index contributed by atoms with van der Waals surface area (Å²) in [4.78, 5) is 13.2. The number of carboxylic acids is 1. The molecule has 0 aliphatic carbocycles. The van der Waals surface area contributed by atoms with Gasteiger partial charge in [0, 0.05) is 0 Å². The van der Waals surface area contributed by atoms with Gasteiger partial charge in [0.1, 0.15) is 6.04 Å². The summed E-state index contributed by atoms with van der Waals surface area (Å²) in [5.41, 5.74) is 0. The Balaban J connectivity index is 2.60. The third kappa shape index (κ3) is 2.98. The van der Waals surface area contributed by atoms with Crippen LogP contribution < -0.4 is 0 Å². The van der Waals surface area contributed by atoms with Crippen molar-refractivity contribution >= 4 is 5.97 Å². The minimum Gasteiger partial charge on any atom is -0.480 e. The first-order valence-corrected chi connectivity index (χ1v) is 5.60. The van der Waals surface area contributed by atoms with Gasteiger partial charge in [0.2, 0.25) is 0 Å². The predicted octanol–water partition coefficient (Wildman–Crippen LogP) is 1.97. The van der Waals surface area contributed by atoms with Gasteiger partial charge in [0.25, 0.3) is 0 Å². The lowest BCUT2D eigenvalue weighted by Crippen LogP contribution is -2.45. The maximum Gasteiger partial charge on any atom is 0.321 e. The van der Waals surface area contributed by atoms with E-state index in [-0.39, 0.29) is 12.0 Å². The molecule has 1 saturated heterocycles. The maximum absolute atomic E-state index is 11.1. The minimum atomic E-state index is -0.665. The van der Waals surface area contributed by atoms with E-state index < -0.39 is 5.97 Å². The number of carboxylic acid groups (broad SMARTS) is 1. The van der Waals surface area contributed by atoms with Crippen molar-refractivity contribution in [3.63, 3.8) is 0 Å². The van der Waals surface area contributed by atoms with Crippen LogP contribution in [0.25, 0.3) is 0 Å². The molecule has 1 aliphatic rings. The van der Waals surface area contributed by atoms with Crippen LogP contribution in [0.2, 0.25) is 0 Å². The van der Waals surface area contributed by atoms with Gasteiger partial charge in [0.05, 0.1) is 0 Å². The van der Waals surface area contributed by atoms with Gasteiger partial charge in [-0.2, -0.15) is 0 Å². The number of nitrogens with zero attached hydrogens (tertiary/aromatic N) is 1. The molecule has 14 heavy (non-hydrogen) atoms. The molecule has 3 heteroatoms. The van der Waals surface area contributed by atoms with Crippen molar-refractivity contribution < 1.29 is 9.90 Å². The van der Waals surface area contributed by atoms with Crippen molar-refractivity contribution in [3.05, 3.63) is 0 Å². The van der Waals surface area contributed by atoms with E-state index in [4.69, 9.17) is 5.11 Å². The lowest BCUT2D eigenvalue weighted by molar-refractivity contribution is -0.145. The first-order chi connectivity index (χ1) is 6.63. The molecule has 1 heterocycles. The van der Waals surface area contributed by atoms with E-state index in [1.165, 1.54) is 12.8 Å². The highest BCUT2D eigenvalue weighted by Gasteiger charge is 2.28. The van der Waals surface area contributed by atoms with E-state index >= 15 is 0 Å². The van der Waals surface area contributed by atoms with Gasteiger partial charge in [-0.25, -0.2) is 0 Å². The molecule has 1 unspecified atom stereocenters. The van der Waals surface area contributed by atoms with Crippen LogP contribution >= 0.6 is 0 Å². The molecule has 0 spiro atoms. The number of likely N-dealkylation sites (tertiary alicyclic amines) is 1. The molecule has 1 rings (SSSR count). The summed E-state index contributed by atoms with van der Waals surface area (Å²) in [6, 6.07) is -0.284. The average Bonchev–Trinajstić information content (AvgIpc) is 2.31. The number of carbonyl (C=O) groups is 1. The molecule has 0 aromatic rings. The molecule has 0 radical (unpaired) electrons. The monoisotopic (exact) mass is 199 g/mol. The first kappa shape index (κ1) is 11.5. The fraction of sp³-hybridized carbons (Fsp3) is 0.909. The molecule has 0 aromatic carbocycles. The van der Waals surface area contributed by atoms with E-state index in [1.807, 2.05) is 13.8 Å². The molecule has 1 atom stereocenters. The molecule has 0 bridgehead atoms. The number of rotatable bonds is 3. The molecular weight excluding hydrogens is 178 g/mol. The van der Waals surface area contributed by atoms with Gasteiger partial charge in [-0.3, -0.25) is 9.69 Å². The Morgan fingerprint density at radius 1 is 1.14 bits per heavy atom. The van der Waals surface area contributed by atoms with Crippen molar-refractivity contribution in [2.75, 3.05) is 13.1 Å². The lowest BCUT2D eigenvalue weighted by Gasteiger charge is -2.29. The fourth-order valence-electron chi connectivity index (χ4n) is 2.24. The number of hydrogen-bond acceptors (Lipinski definition) is 2. The van der Waals surface area contributed by atoms with Gasteiger partial charge in [-0.05, 0) is 31.8 Å². The van der Waals surface area contributed by atoms with Gasteiger partial charge in [-0.1, -0.05) is 26.7 Å². The van der Waals surface area contributed by atoms with Crippen LogP contribution in [-0.4, -0.2) is 35.1 Å². The van der Waals surface area contributed by atoms with Gasteiger partial charge < -0.3 is 5.11 Å². The summed E-state index contributed by atoms with van der Waals surface area (Å²) in [5, 5.41) is 9.15. The topological polar surface area (TPSA) is 40.5 Å². The second-order valence-corrected chi connectivity index (χ2v) is 4.48. The number of hydrogen-bond donors (Lipinski definition) is 1. The normalized spacial score (nSPS) is 21.9. The van der Waals surface area contributed by atoms with E-state index in [0.717, 1.165) is 25.9 Å². The smallest absolute Gasteiger partial charge is 0.321 e. The molecule has 1 N–H and O–H groups in total. The Bertz CT molecular complexity index is 184. The molecule has 3 nitrogen and oxygen atoms in total. The SMILES string of the molecule is CC(C)C(C(=O)O)N1CCCCCC1. The standard InChI is InChI=1S/C11H21NO2/c1-9(2)10(11(13)14)12-7-5-3-4-6-8-12/h9-10H,3-8H2,1-2H3,(H,13,14). The summed E-state index contributed by atoms with van der Waals surface area (Å²) in [6.45, 7) is 5.89. The molecule has 82 valence electrons. The summed E-state index contributed by atoms with van der Waals surface area (Å²) in [6.07, 6.45) is 4.80. The highest BCUT2D eigenvalue weighted by atomic mass is 16.4. The molecular formula is C11H21NO2. The fourth-order valence-corrected chi connectivity index (χ4v) is 2.24. The largest absolute Gasteiger partial charge is 0.480 e. The quantitative estimate of drug-likeness (QED) is 0.755. The van der Waals surface area contributed by atoms with Crippen molar-refractivity contribution in [2.45, 2.75) is 45.6 Å². The molecule has 0 amide bonds. The van der Waals surface area contributed by atoms with E-state index in [0.29, 0.717) is 0 Å². The predicted molar refractivity (Wildman–Crippen MR) is 56.3 cm³/mol. The van der Waals surface area contributed by atoms with Crippen LogP contribution in [0.15, 0.2) is 0 Å². The van der Waals surface area contributed by atoms with Crippen LogP contribution in [0, 0.1) is 5.92 Å². The van der Waals surface area contributed by atoms with Crippen molar-refractivity contribution in [3.8, 4) is 0 Å². The zero-order valence-corrected chi connectivity index (χ0v) is 9.20. The third-order valence-corrected chi connectivity index (χ3v) is 2.92. The summed E-state index contributed by atoms with van der Waals surface area (Å²) >= 11 is 0. The first-order valence-electron chi connectivity index (χ1n) is 5.60. The molecule has 1 fully saturated rings. The van der Waals surface area contributed by atoms with Crippen LogP contribution in [0.4, 0.5) is 0 Å². The highest BCUT2D eigenvalue weighted by Crippen LogP contribution is 2.17. The molecule has 0 aromatic heterocycles. The number of aliphatic carboxylic acids is 1. The Morgan fingerprint density at radius 3 is 2.00 bits per heavy atom. The van der Waals surface area contributed by atoms with Gasteiger partial charge in [-0.15, -0.1) is 0 Å². The van der Waals surface area contributed by atoms with Crippen LogP contribution in [-0.2, 0) is 4.79 Å². The second kappa shape index (κ2) is 5.35. The van der Waals surface area contributed by atoms with Crippen molar-refractivity contribution in [1.29, 1.82) is 0 Å². The van der Waals surface area contributed by atoms with E-state index in [9.17, 15) is 4.79 Å². The Morgan fingerprint density at radius 2 is 1.64 bits per heavy atom. The van der Waals surface area contributed by atoms with Crippen LogP contribution in [0.3, 0.4) is 0 Å². The van der Waals surface area contributed by atoms with E-state index in [1.54, 1.807) is 0 Å². The Labute approximate surface area is 86.1 Å². The summed E-state index contributed by atoms with van der Waals surface area (Å²) in [7, 11) is 0. The zero-order chi connectivity index (χ0) is 10.6. The molecule has 0 saturated carbocycles. The lowest BCUT2D eigenvalue weighted by atomic mass is 10.0. The van der Waals surface area contributed by atoms with Crippen molar-refractivity contribution in [1.82, 2.24) is 4.90 Å². The van der Waals surface area contributed by atoms with Crippen LogP contribution in [0.5, 0.6) is 0 Å². The Hall–Kier alpha value is -0.570. The Kier molecular flexibility index (Phi) is 4.39. The zero-order valence-electron chi connectivity index (χ0n) is 9.20. The minimum absolute atomic E-state index is 0.200. The second-order valence-electron chi connectivity index (χ2n) is 4.48. The summed E-state index contributed by atoms with van der Waals surface area (Å²) in [5.74, 6) is -0.465.